The van der Waals surface area contributed by atoms with Gasteiger partial charge in [-0.3, -0.25) is 0 Å². The van der Waals surface area contributed by atoms with E-state index in [1.54, 1.807) is 0 Å². The van der Waals surface area contributed by atoms with Crippen molar-refractivity contribution in [3.05, 3.63) is 0 Å². The van der Waals surface area contributed by atoms with Crippen LogP contribution < -0.4 is 0 Å². The fourth-order valence-electron chi connectivity index (χ4n) is 3.93. The maximum Gasteiger partial charge on any atom is 0.284 e. The van der Waals surface area contributed by atoms with Crippen molar-refractivity contribution in [3.8, 4) is 0 Å². The molecule has 0 aromatic rings. The lowest BCUT2D eigenvalue weighted by Crippen LogP contribution is -2.54. The third kappa shape index (κ3) is 1.79. The average molecular weight is 320 g/mol. The molecule has 3 nitrogen and oxygen atoms in total. The lowest BCUT2D eigenvalue weighted by Gasteiger charge is -2.41. The third-order valence-corrected chi connectivity index (χ3v) is 10.5. The standard InChI is InChI=1S/C15H26F2O3Si/c1-9-7-13(18)8-10-14(11(13)19-9,15(10,16)17)20-21(5,6)12(2,3)4/h9-11,18H,7-8H2,1-6H3/t9-,10-,11-,13+,14+/m0/s1. The fraction of sp³-hybridized carbons (Fsp3) is 1.00. The molecule has 3 aliphatic rings. The molecule has 0 bridgehead atoms. The van der Waals surface area contributed by atoms with Crippen molar-refractivity contribution in [1.29, 1.82) is 0 Å². The monoisotopic (exact) mass is 320 g/mol. The van der Waals surface area contributed by atoms with Gasteiger partial charge in [-0.1, -0.05) is 20.8 Å². The molecule has 0 amide bonds. The Kier molecular flexibility index (Phi) is 2.93. The summed E-state index contributed by atoms with van der Waals surface area (Å²) in [5.41, 5.74) is -2.75. The van der Waals surface area contributed by atoms with Gasteiger partial charge in [-0.2, -0.15) is 0 Å². The Labute approximate surface area is 126 Å². The molecule has 2 aliphatic carbocycles. The highest BCUT2D eigenvalue weighted by Crippen LogP contribution is 2.75. The van der Waals surface area contributed by atoms with Crippen molar-refractivity contribution in [2.45, 2.75) is 88.0 Å². The van der Waals surface area contributed by atoms with Gasteiger partial charge in [0.05, 0.1) is 17.6 Å². The van der Waals surface area contributed by atoms with Crippen molar-refractivity contribution in [2.24, 2.45) is 5.92 Å². The van der Waals surface area contributed by atoms with Crippen LogP contribution in [0.3, 0.4) is 0 Å². The molecule has 6 heteroatoms. The van der Waals surface area contributed by atoms with E-state index in [0.29, 0.717) is 6.42 Å². The molecular formula is C15H26F2O3Si. The third-order valence-electron chi connectivity index (χ3n) is 6.07. The van der Waals surface area contributed by atoms with Gasteiger partial charge in [0.15, 0.2) is 13.9 Å². The molecule has 1 N–H and O–H groups in total. The van der Waals surface area contributed by atoms with Gasteiger partial charge in [0.2, 0.25) is 0 Å². The molecule has 0 aromatic heterocycles. The number of hydrogen-bond donors (Lipinski definition) is 1. The van der Waals surface area contributed by atoms with Crippen LogP contribution in [0, 0.1) is 5.92 Å². The van der Waals surface area contributed by atoms with E-state index in [2.05, 4.69) is 0 Å². The number of halogens is 2. The van der Waals surface area contributed by atoms with Gasteiger partial charge in [-0.15, -0.1) is 0 Å². The van der Waals surface area contributed by atoms with Crippen molar-refractivity contribution in [2.75, 3.05) is 0 Å². The molecule has 0 spiro atoms. The normalized spacial score (nSPS) is 48.1. The highest BCUT2D eigenvalue weighted by molar-refractivity contribution is 6.74. The molecule has 1 aliphatic heterocycles. The number of aliphatic hydroxyl groups is 1. The van der Waals surface area contributed by atoms with Crippen LogP contribution in [0.25, 0.3) is 0 Å². The van der Waals surface area contributed by atoms with Crippen LogP contribution >= 0.6 is 0 Å². The van der Waals surface area contributed by atoms with E-state index >= 15 is 0 Å². The maximum atomic E-state index is 14.5. The number of alkyl halides is 2. The van der Waals surface area contributed by atoms with Crippen molar-refractivity contribution >= 4 is 8.32 Å². The summed E-state index contributed by atoms with van der Waals surface area (Å²) in [6, 6.07) is 0. The van der Waals surface area contributed by atoms with E-state index in [1.165, 1.54) is 0 Å². The minimum Gasteiger partial charge on any atom is -0.403 e. The molecule has 122 valence electrons. The molecule has 0 aromatic carbocycles. The second kappa shape index (κ2) is 3.89. The Morgan fingerprint density at radius 1 is 1.24 bits per heavy atom. The molecule has 0 unspecified atom stereocenters. The van der Waals surface area contributed by atoms with Crippen LogP contribution in [-0.4, -0.2) is 42.8 Å². The van der Waals surface area contributed by atoms with E-state index in [9.17, 15) is 13.9 Å². The van der Waals surface area contributed by atoms with Crippen LogP contribution in [0.5, 0.6) is 0 Å². The summed E-state index contributed by atoms with van der Waals surface area (Å²) in [5.74, 6) is -3.79. The second-order valence-electron chi connectivity index (χ2n) is 8.67. The summed E-state index contributed by atoms with van der Waals surface area (Å²) in [7, 11) is -2.38. The van der Waals surface area contributed by atoms with Crippen LogP contribution in [0.4, 0.5) is 8.78 Å². The molecule has 0 radical (unpaired) electrons. The number of hydrogen-bond acceptors (Lipinski definition) is 3. The summed E-state index contributed by atoms with van der Waals surface area (Å²) in [6.07, 6.45) is -0.581. The van der Waals surface area contributed by atoms with E-state index in [-0.39, 0.29) is 17.6 Å². The molecule has 21 heavy (non-hydrogen) atoms. The minimum absolute atomic E-state index is 0.0869. The van der Waals surface area contributed by atoms with Crippen LogP contribution in [0.15, 0.2) is 0 Å². The van der Waals surface area contributed by atoms with Gasteiger partial charge >= 0.3 is 0 Å². The highest BCUT2D eigenvalue weighted by atomic mass is 28.4. The van der Waals surface area contributed by atoms with Gasteiger partial charge in [0, 0.05) is 6.42 Å². The first-order valence-corrected chi connectivity index (χ1v) is 10.6. The predicted molar refractivity (Wildman–Crippen MR) is 78.0 cm³/mol. The first kappa shape index (κ1) is 15.8. The zero-order chi connectivity index (χ0) is 16.1. The number of rotatable bonds is 2. The first-order chi connectivity index (χ1) is 9.28. The Morgan fingerprint density at radius 2 is 1.81 bits per heavy atom. The van der Waals surface area contributed by atoms with Crippen molar-refractivity contribution in [3.63, 3.8) is 0 Å². The van der Waals surface area contributed by atoms with E-state index < -0.39 is 37.5 Å². The average Bonchev–Trinajstić information content (AvgIpc) is 2.55. The number of ether oxygens (including phenoxy) is 1. The Morgan fingerprint density at radius 3 is 2.33 bits per heavy atom. The first-order valence-electron chi connectivity index (χ1n) is 7.74. The molecule has 1 heterocycles. The summed E-state index contributed by atoms with van der Waals surface area (Å²) in [4.78, 5) is 0. The van der Waals surface area contributed by atoms with Crippen LogP contribution in [0.2, 0.25) is 18.1 Å². The lowest BCUT2D eigenvalue weighted by atomic mass is 9.91. The fourth-order valence-corrected chi connectivity index (χ4v) is 5.47. The molecule has 5 atom stereocenters. The molecule has 1 saturated heterocycles. The topological polar surface area (TPSA) is 38.7 Å². The Bertz CT molecular complexity index is 476. The quantitative estimate of drug-likeness (QED) is 0.793. The van der Waals surface area contributed by atoms with E-state index in [0.717, 1.165) is 0 Å². The molecule has 2 saturated carbocycles. The van der Waals surface area contributed by atoms with Gasteiger partial charge in [0.25, 0.3) is 5.92 Å². The van der Waals surface area contributed by atoms with Gasteiger partial charge in [-0.25, -0.2) is 8.78 Å². The summed E-state index contributed by atoms with van der Waals surface area (Å²) >= 11 is 0. The summed E-state index contributed by atoms with van der Waals surface area (Å²) in [6.45, 7) is 11.9. The SMILES string of the molecule is C[C@H]1C[C@@]2(O)C[C@@H]3C(F)(F)[C@]3(O[Si](C)(C)C(C)(C)C)[C@H]2O1. The Balaban J connectivity index is 1.96. The van der Waals surface area contributed by atoms with E-state index in [1.807, 2.05) is 40.8 Å². The maximum absolute atomic E-state index is 14.5. The molecule has 3 fully saturated rings. The smallest absolute Gasteiger partial charge is 0.284 e. The van der Waals surface area contributed by atoms with Gasteiger partial charge in [0.1, 0.15) is 6.10 Å². The summed E-state index contributed by atoms with van der Waals surface area (Å²) < 4.78 is 40.8. The van der Waals surface area contributed by atoms with Crippen molar-refractivity contribution < 1.29 is 23.1 Å². The zero-order valence-electron chi connectivity index (χ0n) is 13.7. The molecular weight excluding hydrogens is 294 g/mol. The number of fused-ring (bicyclic) bond motifs is 3. The zero-order valence-corrected chi connectivity index (χ0v) is 14.7. The second-order valence-corrected chi connectivity index (χ2v) is 13.4. The van der Waals surface area contributed by atoms with Crippen LogP contribution in [-0.2, 0) is 9.16 Å². The van der Waals surface area contributed by atoms with Gasteiger partial charge < -0.3 is 14.3 Å². The predicted octanol–water partition coefficient (Wildman–Crippen LogP) is 3.32. The Hall–Kier alpha value is -0.0431. The van der Waals surface area contributed by atoms with E-state index in [4.69, 9.17) is 9.16 Å². The van der Waals surface area contributed by atoms with Gasteiger partial charge in [-0.05, 0) is 31.5 Å². The largest absolute Gasteiger partial charge is 0.403 e. The van der Waals surface area contributed by atoms with Crippen LogP contribution in [0.1, 0.15) is 40.5 Å². The summed E-state index contributed by atoms with van der Waals surface area (Å²) in [5, 5.41) is 10.5. The lowest BCUT2D eigenvalue weighted by molar-refractivity contribution is -0.137. The van der Waals surface area contributed by atoms with Crippen molar-refractivity contribution in [1.82, 2.24) is 0 Å². The minimum atomic E-state index is -2.89. The molecule has 3 rings (SSSR count). The highest BCUT2D eigenvalue weighted by Gasteiger charge is 2.93.